The van der Waals surface area contributed by atoms with Gasteiger partial charge in [-0.2, -0.15) is 0 Å². The average molecular weight is 485 g/mol. The maximum absolute atomic E-state index is 15.2. The summed E-state index contributed by atoms with van der Waals surface area (Å²) in [4.78, 5) is 0. The maximum Gasteiger partial charge on any atom is 0.165 e. The van der Waals surface area contributed by atoms with Crippen LogP contribution in [-0.2, 0) is 6.42 Å². The van der Waals surface area contributed by atoms with Crippen molar-refractivity contribution in [2.24, 2.45) is 11.8 Å². The van der Waals surface area contributed by atoms with Crippen LogP contribution in [0.5, 0.6) is 5.75 Å². The van der Waals surface area contributed by atoms with Crippen molar-refractivity contribution in [1.29, 1.82) is 0 Å². The number of ether oxygens (including phenoxy) is 1. The summed E-state index contributed by atoms with van der Waals surface area (Å²) in [7, 11) is 0. The molecule has 0 aromatic heterocycles. The Morgan fingerprint density at radius 3 is 1.97 bits per heavy atom. The van der Waals surface area contributed by atoms with Crippen LogP contribution in [0.25, 0.3) is 0 Å². The predicted molar refractivity (Wildman–Crippen MR) is 136 cm³/mol. The first kappa shape index (κ1) is 25.9. The van der Waals surface area contributed by atoms with Gasteiger partial charge in [0.25, 0.3) is 0 Å². The number of hydrogen-bond acceptors (Lipinski definition) is 1. The Hall–Kier alpha value is -2.23. The van der Waals surface area contributed by atoms with Crippen molar-refractivity contribution in [3.05, 3.63) is 76.6 Å². The summed E-state index contributed by atoms with van der Waals surface area (Å²) in [6.45, 7) is 4.33. The number of aryl methyl sites for hydroxylation is 1. The van der Waals surface area contributed by atoms with E-state index >= 15 is 8.78 Å². The topological polar surface area (TPSA) is 9.23 Å². The molecule has 4 heteroatoms. The Bertz CT molecular complexity index is 999. The van der Waals surface area contributed by atoms with E-state index in [0.717, 1.165) is 69.8 Å². The minimum Gasteiger partial charge on any atom is -0.491 e. The van der Waals surface area contributed by atoms with Crippen LogP contribution in [-0.4, -0.2) is 6.61 Å². The Morgan fingerprint density at radius 2 is 1.43 bits per heavy atom. The highest BCUT2D eigenvalue weighted by Crippen LogP contribution is 2.42. The number of allylic oxidation sites excluding steroid dienone is 2. The van der Waals surface area contributed by atoms with E-state index in [0.29, 0.717) is 35.3 Å². The Kier molecular flexibility index (Phi) is 8.97. The van der Waals surface area contributed by atoms with E-state index in [1.807, 2.05) is 32.0 Å². The van der Waals surface area contributed by atoms with Gasteiger partial charge >= 0.3 is 0 Å². The van der Waals surface area contributed by atoms with Crippen LogP contribution >= 0.6 is 0 Å². The predicted octanol–water partition coefficient (Wildman–Crippen LogP) is 9.26. The molecule has 2 aromatic rings. The van der Waals surface area contributed by atoms with Crippen LogP contribution in [0.2, 0.25) is 0 Å². The normalized spacial score (nSPS) is 25.2. The van der Waals surface area contributed by atoms with Gasteiger partial charge in [-0.1, -0.05) is 30.4 Å². The molecule has 4 rings (SSSR count). The van der Waals surface area contributed by atoms with Crippen molar-refractivity contribution in [2.45, 2.75) is 89.9 Å². The highest BCUT2D eigenvalue weighted by molar-refractivity contribution is 5.32. The molecule has 35 heavy (non-hydrogen) atoms. The second kappa shape index (κ2) is 12.1. The zero-order valence-corrected chi connectivity index (χ0v) is 21.2. The second-order valence-electron chi connectivity index (χ2n) is 10.5. The van der Waals surface area contributed by atoms with E-state index in [-0.39, 0.29) is 17.7 Å². The number of halogens is 3. The third kappa shape index (κ3) is 6.32. The fourth-order valence-electron chi connectivity index (χ4n) is 6.21. The number of benzene rings is 2. The van der Waals surface area contributed by atoms with Crippen molar-refractivity contribution in [1.82, 2.24) is 0 Å². The Labute approximate surface area is 208 Å². The molecular weight excluding hydrogens is 445 g/mol. The summed E-state index contributed by atoms with van der Waals surface area (Å²) < 4.78 is 49.7. The van der Waals surface area contributed by atoms with Crippen LogP contribution in [0.3, 0.4) is 0 Å². The minimum absolute atomic E-state index is 0.0862. The van der Waals surface area contributed by atoms with Crippen molar-refractivity contribution in [3.63, 3.8) is 0 Å². The minimum atomic E-state index is -0.619. The highest BCUT2D eigenvalue weighted by Gasteiger charge is 2.29. The summed E-state index contributed by atoms with van der Waals surface area (Å²) in [5.74, 6) is 0.0973. The molecule has 0 amide bonds. The molecule has 2 fully saturated rings. The zero-order chi connectivity index (χ0) is 24.8. The fourth-order valence-corrected chi connectivity index (χ4v) is 6.21. The van der Waals surface area contributed by atoms with E-state index < -0.39 is 11.6 Å². The van der Waals surface area contributed by atoms with Gasteiger partial charge in [-0.3, -0.25) is 0 Å². The molecule has 0 aliphatic heterocycles. The Balaban J connectivity index is 1.30. The number of rotatable bonds is 8. The van der Waals surface area contributed by atoms with Gasteiger partial charge in [-0.25, -0.2) is 13.2 Å². The van der Waals surface area contributed by atoms with Crippen LogP contribution in [0, 0.1) is 29.3 Å². The van der Waals surface area contributed by atoms with Gasteiger partial charge in [0.1, 0.15) is 0 Å². The van der Waals surface area contributed by atoms with Gasteiger partial charge in [-0.15, -0.1) is 0 Å². The molecule has 0 atom stereocenters. The van der Waals surface area contributed by atoms with Crippen LogP contribution in [0.15, 0.2) is 42.5 Å². The summed E-state index contributed by atoms with van der Waals surface area (Å²) >= 11 is 0. The van der Waals surface area contributed by atoms with Crippen LogP contribution < -0.4 is 4.74 Å². The van der Waals surface area contributed by atoms with Gasteiger partial charge in [-0.05, 0) is 131 Å². The third-order valence-electron chi connectivity index (χ3n) is 8.24. The number of hydrogen-bond donors (Lipinski definition) is 0. The first-order valence-corrected chi connectivity index (χ1v) is 13.5. The molecule has 0 saturated heterocycles. The fraction of sp³-hybridized carbons (Fsp3) is 0.548. The van der Waals surface area contributed by atoms with Gasteiger partial charge in [0.05, 0.1) is 6.61 Å². The molecule has 2 aliphatic rings. The standard InChI is InChI=1S/C31H39F3O/c1-3-5-21-8-13-24(14-9-21)26-17-18-27(31(34)30(26)33)25-15-10-22(11-16-25)6-7-23-12-19-29(35-4-2)28(32)20-23/h3,5,12,17-22,24-25H,4,6-11,13-16H2,1-2H3/b5-3+. The van der Waals surface area contributed by atoms with Crippen molar-refractivity contribution < 1.29 is 17.9 Å². The van der Waals surface area contributed by atoms with Crippen molar-refractivity contribution >= 4 is 0 Å². The van der Waals surface area contributed by atoms with E-state index in [1.54, 1.807) is 12.1 Å². The van der Waals surface area contributed by atoms with E-state index in [4.69, 9.17) is 4.74 Å². The smallest absolute Gasteiger partial charge is 0.165 e. The quantitative estimate of drug-likeness (QED) is 0.339. The Morgan fingerprint density at radius 1 is 0.829 bits per heavy atom. The highest BCUT2D eigenvalue weighted by atomic mass is 19.2. The lowest BCUT2D eigenvalue weighted by Gasteiger charge is -2.30. The van der Waals surface area contributed by atoms with Crippen molar-refractivity contribution in [2.75, 3.05) is 6.61 Å². The van der Waals surface area contributed by atoms with Gasteiger partial charge in [0, 0.05) is 0 Å². The van der Waals surface area contributed by atoms with E-state index in [2.05, 4.69) is 12.2 Å². The molecule has 0 spiro atoms. The van der Waals surface area contributed by atoms with Gasteiger partial charge in [0.15, 0.2) is 23.2 Å². The molecule has 0 heterocycles. The molecular formula is C31H39F3O. The lowest BCUT2D eigenvalue weighted by atomic mass is 9.75. The molecule has 1 nitrogen and oxygen atoms in total. The van der Waals surface area contributed by atoms with E-state index in [9.17, 15) is 4.39 Å². The molecule has 190 valence electrons. The summed E-state index contributed by atoms with van der Waals surface area (Å²) in [5.41, 5.74) is 2.11. The molecule has 0 bridgehead atoms. The van der Waals surface area contributed by atoms with Crippen LogP contribution in [0.1, 0.15) is 100 Å². The lowest BCUT2D eigenvalue weighted by molar-refractivity contribution is 0.303. The molecule has 0 unspecified atom stereocenters. The second-order valence-corrected chi connectivity index (χ2v) is 10.5. The molecule has 0 radical (unpaired) electrons. The average Bonchev–Trinajstić information content (AvgIpc) is 2.87. The monoisotopic (exact) mass is 484 g/mol. The first-order chi connectivity index (χ1) is 17.0. The maximum atomic E-state index is 15.2. The van der Waals surface area contributed by atoms with Crippen LogP contribution in [0.4, 0.5) is 13.2 Å². The summed E-state index contributed by atoms with van der Waals surface area (Å²) in [5, 5.41) is 0. The van der Waals surface area contributed by atoms with Crippen molar-refractivity contribution in [3.8, 4) is 5.75 Å². The third-order valence-corrected chi connectivity index (χ3v) is 8.24. The van der Waals surface area contributed by atoms with E-state index in [1.165, 1.54) is 0 Å². The zero-order valence-electron chi connectivity index (χ0n) is 21.2. The summed E-state index contributed by atoms with van der Waals surface area (Å²) in [6, 6.07) is 8.94. The molecule has 2 aliphatic carbocycles. The molecule has 0 N–H and O–H groups in total. The lowest BCUT2D eigenvalue weighted by Crippen LogP contribution is -2.17. The first-order valence-electron chi connectivity index (χ1n) is 13.5. The largest absolute Gasteiger partial charge is 0.491 e. The summed E-state index contributed by atoms with van der Waals surface area (Å²) in [6.07, 6.45) is 13.9. The van der Waals surface area contributed by atoms with Gasteiger partial charge < -0.3 is 4.74 Å². The SMILES string of the molecule is C/C=C/C1CCC(c2ccc(C3CCC(CCc4ccc(OCC)c(F)c4)CC3)c(F)c2F)CC1. The van der Waals surface area contributed by atoms with Gasteiger partial charge in [0.2, 0.25) is 0 Å². The molecule has 2 saturated carbocycles. The molecule has 2 aromatic carbocycles.